The lowest BCUT2D eigenvalue weighted by molar-refractivity contribution is 0.299. The van der Waals surface area contributed by atoms with E-state index in [1.807, 2.05) is 0 Å². The lowest BCUT2D eigenvalue weighted by Crippen LogP contribution is -1.99. The van der Waals surface area contributed by atoms with Crippen molar-refractivity contribution in [1.29, 1.82) is 0 Å². The van der Waals surface area contributed by atoms with Gasteiger partial charge in [-0.05, 0) is 24.3 Å². The normalized spacial score (nSPS) is 10.4. The predicted octanol–water partition coefficient (Wildman–Crippen LogP) is 4.85. The van der Waals surface area contributed by atoms with Gasteiger partial charge in [0.1, 0.15) is 24.0 Å². The molecule has 0 heterocycles. The van der Waals surface area contributed by atoms with Gasteiger partial charge in [0, 0.05) is 22.7 Å². The van der Waals surface area contributed by atoms with Crippen LogP contribution in [0.3, 0.4) is 0 Å². The summed E-state index contributed by atoms with van der Waals surface area (Å²) in [6.45, 7) is -0.0494. The van der Waals surface area contributed by atoms with Crippen LogP contribution in [0.4, 0.5) is 8.78 Å². The van der Waals surface area contributed by atoms with Crippen LogP contribution in [0.25, 0.3) is 0 Å². The number of halogens is 4. The smallest absolute Gasteiger partial charge is 0.139 e. The van der Waals surface area contributed by atoms with Crippen LogP contribution in [0.2, 0.25) is 10.0 Å². The third kappa shape index (κ3) is 3.12. The van der Waals surface area contributed by atoms with Gasteiger partial charge < -0.3 is 4.74 Å². The van der Waals surface area contributed by atoms with Crippen LogP contribution in [0.5, 0.6) is 5.75 Å². The Morgan fingerprint density at radius 2 is 1.78 bits per heavy atom. The lowest BCUT2D eigenvalue weighted by Gasteiger charge is -2.09. The number of rotatable bonds is 3. The maximum atomic E-state index is 13.4. The van der Waals surface area contributed by atoms with Crippen LogP contribution in [0, 0.1) is 11.6 Å². The van der Waals surface area contributed by atoms with Crippen LogP contribution in [0.15, 0.2) is 36.4 Å². The molecule has 2 aromatic rings. The number of benzene rings is 2. The van der Waals surface area contributed by atoms with Crippen molar-refractivity contribution in [3.63, 3.8) is 0 Å². The molecule has 0 saturated carbocycles. The molecule has 0 atom stereocenters. The van der Waals surface area contributed by atoms with Crippen LogP contribution >= 0.6 is 23.2 Å². The van der Waals surface area contributed by atoms with Crippen molar-refractivity contribution in [3.05, 3.63) is 63.6 Å². The summed E-state index contributed by atoms with van der Waals surface area (Å²) >= 11 is 11.7. The summed E-state index contributed by atoms with van der Waals surface area (Å²) in [5.41, 5.74) is 0.243. The molecule has 0 fully saturated rings. The molecular formula is C13H8Cl2F2O. The van der Waals surface area contributed by atoms with Gasteiger partial charge in [-0.1, -0.05) is 23.2 Å². The van der Waals surface area contributed by atoms with Gasteiger partial charge in [-0.2, -0.15) is 0 Å². The summed E-state index contributed by atoms with van der Waals surface area (Å²) in [5, 5.41) is 0.843. The standard InChI is InChI=1S/C13H8Cl2F2O/c14-9-2-4-11(15)13(5-9)18-7-8-1-3-10(16)6-12(8)17/h1-6H,7H2. The van der Waals surface area contributed by atoms with E-state index in [1.54, 1.807) is 12.1 Å². The number of ether oxygens (including phenoxy) is 1. The van der Waals surface area contributed by atoms with Gasteiger partial charge in [0.2, 0.25) is 0 Å². The van der Waals surface area contributed by atoms with Gasteiger partial charge in [-0.25, -0.2) is 8.78 Å². The summed E-state index contributed by atoms with van der Waals surface area (Å²) in [6, 6.07) is 8.03. The van der Waals surface area contributed by atoms with E-state index in [9.17, 15) is 8.78 Å². The molecule has 0 amide bonds. The molecular weight excluding hydrogens is 281 g/mol. The van der Waals surface area contributed by atoms with E-state index in [0.29, 0.717) is 15.8 Å². The first-order chi connectivity index (χ1) is 8.56. The van der Waals surface area contributed by atoms with Crippen molar-refractivity contribution in [1.82, 2.24) is 0 Å². The Hall–Kier alpha value is -1.32. The maximum absolute atomic E-state index is 13.4. The highest BCUT2D eigenvalue weighted by Gasteiger charge is 2.07. The Kier molecular flexibility index (Phi) is 4.04. The zero-order chi connectivity index (χ0) is 13.1. The molecule has 18 heavy (non-hydrogen) atoms. The minimum atomic E-state index is -0.659. The average Bonchev–Trinajstić information content (AvgIpc) is 2.32. The average molecular weight is 289 g/mol. The lowest BCUT2D eigenvalue weighted by atomic mass is 10.2. The van der Waals surface area contributed by atoms with E-state index in [0.717, 1.165) is 6.07 Å². The zero-order valence-electron chi connectivity index (χ0n) is 9.09. The fourth-order valence-electron chi connectivity index (χ4n) is 1.38. The zero-order valence-corrected chi connectivity index (χ0v) is 10.6. The van der Waals surface area contributed by atoms with Crippen LogP contribution < -0.4 is 4.74 Å². The summed E-state index contributed by atoms with van der Waals surface area (Å²) in [5.74, 6) is -0.932. The van der Waals surface area contributed by atoms with Crippen LogP contribution in [0.1, 0.15) is 5.56 Å². The second kappa shape index (κ2) is 5.55. The van der Waals surface area contributed by atoms with Gasteiger partial charge in [0.05, 0.1) is 5.02 Å². The fourth-order valence-corrected chi connectivity index (χ4v) is 1.72. The topological polar surface area (TPSA) is 9.23 Å². The first-order valence-electron chi connectivity index (χ1n) is 5.08. The van der Waals surface area contributed by atoms with Gasteiger partial charge in [0.15, 0.2) is 0 Å². The maximum Gasteiger partial charge on any atom is 0.139 e. The largest absolute Gasteiger partial charge is 0.487 e. The van der Waals surface area contributed by atoms with Crippen molar-refractivity contribution < 1.29 is 13.5 Å². The molecule has 0 aliphatic heterocycles. The third-order valence-corrected chi connectivity index (χ3v) is 2.84. The van der Waals surface area contributed by atoms with E-state index >= 15 is 0 Å². The van der Waals surface area contributed by atoms with Crippen LogP contribution in [-0.4, -0.2) is 0 Å². The Balaban J connectivity index is 2.13. The Morgan fingerprint density at radius 3 is 2.50 bits per heavy atom. The molecule has 0 bridgehead atoms. The Morgan fingerprint density at radius 1 is 1.00 bits per heavy atom. The molecule has 5 heteroatoms. The monoisotopic (exact) mass is 288 g/mol. The van der Waals surface area contributed by atoms with Gasteiger partial charge in [-0.15, -0.1) is 0 Å². The number of hydrogen-bond acceptors (Lipinski definition) is 1. The van der Waals surface area contributed by atoms with Crippen LogP contribution in [-0.2, 0) is 6.61 Å². The first kappa shape index (κ1) is 13.1. The van der Waals surface area contributed by atoms with E-state index < -0.39 is 11.6 Å². The van der Waals surface area contributed by atoms with Gasteiger partial charge in [0.25, 0.3) is 0 Å². The molecule has 0 aliphatic carbocycles. The van der Waals surface area contributed by atoms with E-state index in [1.165, 1.54) is 18.2 Å². The summed E-state index contributed by atoms with van der Waals surface area (Å²) < 4.78 is 31.4. The quantitative estimate of drug-likeness (QED) is 0.784. The molecule has 2 rings (SSSR count). The van der Waals surface area contributed by atoms with Crippen molar-refractivity contribution in [2.45, 2.75) is 6.61 Å². The molecule has 1 nitrogen and oxygen atoms in total. The van der Waals surface area contributed by atoms with E-state index in [4.69, 9.17) is 27.9 Å². The second-order valence-electron chi connectivity index (χ2n) is 3.60. The predicted molar refractivity (Wildman–Crippen MR) is 67.2 cm³/mol. The second-order valence-corrected chi connectivity index (χ2v) is 4.44. The molecule has 0 saturated heterocycles. The molecule has 0 aromatic heterocycles. The number of hydrogen-bond donors (Lipinski definition) is 0. The minimum Gasteiger partial charge on any atom is -0.487 e. The van der Waals surface area contributed by atoms with E-state index in [2.05, 4.69) is 0 Å². The summed E-state index contributed by atoms with van der Waals surface area (Å²) in [6.07, 6.45) is 0. The Bertz CT molecular complexity index is 573. The van der Waals surface area contributed by atoms with Crippen molar-refractivity contribution in [2.24, 2.45) is 0 Å². The van der Waals surface area contributed by atoms with Crippen molar-refractivity contribution >= 4 is 23.2 Å². The van der Waals surface area contributed by atoms with Gasteiger partial charge in [-0.3, -0.25) is 0 Å². The Labute approximate surface area is 113 Å². The molecule has 94 valence electrons. The fraction of sp³-hybridized carbons (Fsp3) is 0.0769. The SMILES string of the molecule is Fc1ccc(COc2cc(Cl)ccc2Cl)c(F)c1. The molecule has 0 radical (unpaired) electrons. The minimum absolute atomic E-state index is 0.0494. The summed E-state index contributed by atoms with van der Waals surface area (Å²) in [7, 11) is 0. The third-order valence-electron chi connectivity index (χ3n) is 2.29. The summed E-state index contributed by atoms with van der Waals surface area (Å²) in [4.78, 5) is 0. The molecule has 2 aromatic carbocycles. The first-order valence-corrected chi connectivity index (χ1v) is 5.83. The highest BCUT2D eigenvalue weighted by atomic mass is 35.5. The van der Waals surface area contributed by atoms with Crippen molar-refractivity contribution in [2.75, 3.05) is 0 Å². The van der Waals surface area contributed by atoms with Gasteiger partial charge >= 0.3 is 0 Å². The highest BCUT2D eigenvalue weighted by Crippen LogP contribution is 2.28. The van der Waals surface area contributed by atoms with E-state index in [-0.39, 0.29) is 12.2 Å². The molecule has 0 N–H and O–H groups in total. The molecule has 0 unspecified atom stereocenters. The van der Waals surface area contributed by atoms with Crippen molar-refractivity contribution in [3.8, 4) is 5.75 Å². The molecule has 0 spiro atoms. The molecule has 0 aliphatic rings. The highest BCUT2D eigenvalue weighted by molar-refractivity contribution is 6.34.